The summed E-state index contributed by atoms with van der Waals surface area (Å²) in [6.07, 6.45) is 0.0575. The zero-order valence-corrected chi connectivity index (χ0v) is 15.9. The monoisotopic (exact) mass is 395 g/mol. The molecule has 150 valence electrons. The van der Waals surface area contributed by atoms with Gasteiger partial charge in [0.2, 0.25) is 17.7 Å². The third kappa shape index (κ3) is 4.43. The van der Waals surface area contributed by atoms with E-state index in [-0.39, 0.29) is 36.9 Å². The van der Waals surface area contributed by atoms with Gasteiger partial charge < -0.3 is 20.7 Å². The van der Waals surface area contributed by atoms with Crippen LogP contribution in [0.25, 0.3) is 0 Å². The molecule has 1 unspecified atom stereocenters. The van der Waals surface area contributed by atoms with Gasteiger partial charge in [0.15, 0.2) is 0 Å². The minimum Gasteiger partial charge on any atom is -0.465 e. The van der Waals surface area contributed by atoms with E-state index < -0.39 is 17.8 Å². The Hall–Kier alpha value is -3.68. The Bertz CT molecular complexity index is 955. The van der Waals surface area contributed by atoms with Crippen molar-refractivity contribution in [2.45, 2.75) is 13.0 Å². The van der Waals surface area contributed by atoms with Crippen molar-refractivity contribution in [3.05, 3.63) is 65.2 Å². The van der Waals surface area contributed by atoms with Crippen molar-refractivity contribution in [3.8, 4) is 0 Å². The SMILES string of the molecule is COC(=O)c1ccccc1N1CC(C(=O)NCc2ccc(C(N)=O)cc2)CC1=O. The molecule has 3 N–H and O–H groups in total. The van der Waals surface area contributed by atoms with Gasteiger partial charge in [-0.2, -0.15) is 0 Å². The van der Waals surface area contributed by atoms with Crippen LogP contribution in [0.5, 0.6) is 0 Å². The second kappa shape index (κ2) is 8.55. The maximum absolute atomic E-state index is 12.5. The summed E-state index contributed by atoms with van der Waals surface area (Å²) in [5.41, 5.74) is 7.11. The number of anilines is 1. The summed E-state index contributed by atoms with van der Waals surface area (Å²) in [6.45, 7) is 0.445. The number of amides is 3. The first-order valence-electron chi connectivity index (χ1n) is 9.05. The molecule has 0 bridgehead atoms. The number of nitrogens with two attached hydrogens (primary N) is 1. The molecule has 8 nitrogen and oxygen atoms in total. The van der Waals surface area contributed by atoms with Crippen LogP contribution in [-0.4, -0.2) is 37.3 Å². The van der Waals surface area contributed by atoms with Crippen molar-refractivity contribution in [2.75, 3.05) is 18.6 Å². The van der Waals surface area contributed by atoms with Crippen molar-refractivity contribution in [2.24, 2.45) is 11.7 Å². The molecule has 1 heterocycles. The molecule has 0 spiro atoms. The average Bonchev–Trinajstić information content (AvgIpc) is 3.13. The molecule has 1 aliphatic heterocycles. The fraction of sp³-hybridized carbons (Fsp3) is 0.238. The zero-order chi connectivity index (χ0) is 21.0. The van der Waals surface area contributed by atoms with E-state index in [0.29, 0.717) is 11.3 Å². The summed E-state index contributed by atoms with van der Waals surface area (Å²) < 4.78 is 4.77. The van der Waals surface area contributed by atoms with E-state index in [1.54, 1.807) is 48.5 Å². The molecular formula is C21H21N3O5. The lowest BCUT2D eigenvalue weighted by Crippen LogP contribution is -2.33. The number of rotatable bonds is 6. The van der Waals surface area contributed by atoms with Crippen LogP contribution >= 0.6 is 0 Å². The largest absolute Gasteiger partial charge is 0.465 e. The first-order chi connectivity index (χ1) is 13.9. The van der Waals surface area contributed by atoms with Gasteiger partial charge in [-0.1, -0.05) is 24.3 Å². The fourth-order valence-corrected chi connectivity index (χ4v) is 3.23. The molecular weight excluding hydrogens is 374 g/mol. The highest BCUT2D eigenvalue weighted by atomic mass is 16.5. The second-order valence-electron chi connectivity index (χ2n) is 6.69. The number of ether oxygens (including phenoxy) is 1. The molecule has 1 saturated heterocycles. The highest BCUT2D eigenvalue weighted by Crippen LogP contribution is 2.28. The van der Waals surface area contributed by atoms with Gasteiger partial charge in [0.25, 0.3) is 0 Å². The number of carbonyl (C=O) groups is 4. The minimum absolute atomic E-state index is 0.0575. The van der Waals surface area contributed by atoms with Gasteiger partial charge in [-0.15, -0.1) is 0 Å². The van der Waals surface area contributed by atoms with E-state index in [1.165, 1.54) is 12.0 Å². The van der Waals surface area contributed by atoms with Crippen LogP contribution in [0.3, 0.4) is 0 Å². The molecule has 2 aromatic rings. The molecule has 0 aliphatic carbocycles. The summed E-state index contributed by atoms with van der Waals surface area (Å²) in [4.78, 5) is 49.5. The van der Waals surface area contributed by atoms with Gasteiger partial charge in [-0.3, -0.25) is 14.4 Å². The highest BCUT2D eigenvalue weighted by Gasteiger charge is 2.36. The van der Waals surface area contributed by atoms with Crippen LogP contribution in [0.15, 0.2) is 48.5 Å². The van der Waals surface area contributed by atoms with Gasteiger partial charge in [0.05, 0.1) is 24.3 Å². The Morgan fingerprint density at radius 1 is 1.14 bits per heavy atom. The van der Waals surface area contributed by atoms with Crippen molar-refractivity contribution in [1.82, 2.24) is 5.32 Å². The molecule has 29 heavy (non-hydrogen) atoms. The molecule has 0 saturated carbocycles. The third-order valence-electron chi connectivity index (χ3n) is 4.80. The van der Waals surface area contributed by atoms with Gasteiger partial charge >= 0.3 is 5.97 Å². The minimum atomic E-state index is -0.541. The predicted molar refractivity (Wildman–Crippen MR) is 105 cm³/mol. The molecule has 3 rings (SSSR count). The molecule has 0 aromatic heterocycles. The van der Waals surface area contributed by atoms with Crippen molar-refractivity contribution >= 4 is 29.4 Å². The smallest absolute Gasteiger partial charge is 0.339 e. The van der Waals surface area contributed by atoms with Crippen molar-refractivity contribution in [3.63, 3.8) is 0 Å². The molecule has 1 atom stereocenters. The second-order valence-corrected chi connectivity index (χ2v) is 6.69. The van der Waals surface area contributed by atoms with Crippen LogP contribution in [0, 0.1) is 5.92 Å². The first kappa shape index (κ1) is 20.1. The average molecular weight is 395 g/mol. The summed E-state index contributed by atoms with van der Waals surface area (Å²) in [6, 6.07) is 13.2. The van der Waals surface area contributed by atoms with Gasteiger partial charge in [0, 0.05) is 25.1 Å². The number of para-hydroxylation sites is 1. The molecule has 1 fully saturated rings. The number of primary amides is 1. The standard InChI is InChI=1S/C21H21N3O5/c1-29-21(28)16-4-2-3-5-17(16)24-12-15(10-18(24)25)20(27)23-11-13-6-8-14(9-7-13)19(22)26/h2-9,15H,10-12H2,1H3,(H2,22,26)(H,23,27). The zero-order valence-electron chi connectivity index (χ0n) is 15.9. The lowest BCUT2D eigenvalue weighted by Gasteiger charge is -2.19. The Kier molecular flexibility index (Phi) is 5.92. The van der Waals surface area contributed by atoms with Crippen molar-refractivity contribution < 1.29 is 23.9 Å². The molecule has 8 heteroatoms. The number of nitrogens with zero attached hydrogens (tertiary/aromatic N) is 1. The maximum atomic E-state index is 12.5. The van der Waals surface area contributed by atoms with Crippen molar-refractivity contribution in [1.29, 1.82) is 0 Å². The Labute approximate surface area is 167 Å². The topological polar surface area (TPSA) is 119 Å². The highest BCUT2D eigenvalue weighted by molar-refractivity contribution is 6.05. The first-order valence-corrected chi connectivity index (χ1v) is 9.05. The van der Waals surface area contributed by atoms with Crippen LogP contribution in [0.2, 0.25) is 0 Å². The number of hydrogen-bond acceptors (Lipinski definition) is 5. The number of carbonyl (C=O) groups excluding carboxylic acids is 4. The molecule has 0 radical (unpaired) electrons. The normalized spacial score (nSPS) is 15.8. The van der Waals surface area contributed by atoms with E-state index in [0.717, 1.165) is 5.56 Å². The van der Waals surface area contributed by atoms with Crippen LogP contribution in [-0.2, 0) is 20.9 Å². The van der Waals surface area contributed by atoms with E-state index in [2.05, 4.69) is 5.32 Å². The number of nitrogens with one attached hydrogen (secondary N) is 1. The van der Waals surface area contributed by atoms with Gasteiger partial charge in [-0.25, -0.2) is 4.79 Å². The lowest BCUT2D eigenvalue weighted by atomic mass is 10.1. The van der Waals surface area contributed by atoms with Crippen LogP contribution in [0.1, 0.15) is 32.7 Å². The van der Waals surface area contributed by atoms with E-state index >= 15 is 0 Å². The third-order valence-corrected chi connectivity index (χ3v) is 4.80. The Balaban J connectivity index is 1.65. The fourth-order valence-electron chi connectivity index (χ4n) is 3.23. The Morgan fingerprint density at radius 3 is 2.48 bits per heavy atom. The summed E-state index contributed by atoms with van der Waals surface area (Å²) in [5.74, 6) is -2.07. The maximum Gasteiger partial charge on any atom is 0.339 e. The van der Waals surface area contributed by atoms with Gasteiger partial charge in [0.1, 0.15) is 0 Å². The quantitative estimate of drug-likeness (QED) is 0.714. The Morgan fingerprint density at radius 2 is 1.83 bits per heavy atom. The van der Waals surface area contributed by atoms with E-state index in [4.69, 9.17) is 10.5 Å². The number of esters is 1. The van der Waals surface area contributed by atoms with E-state index in [9.17, 15) is 19.2 Å². The van der Waals surface area contributed by atoms with E-state index in [1.807, 2.05) is 0 Å². The summed E-state index contributed by atoms with van der Waals surface area (Å²) in [5, 5.41) is 2.81. The van der Waals surface area contributed by atoms with Crippen LogP contribution in [0.4, 0.5) is 5.69 Å². The lowest BCUT2D eigenvalue weighted by molar-refractivity contribution is -0.126. The molecule has 3 amide bonds. The summed E-state index contributed by atoms with van der Waals surface area (Å²) >= 11 is 0. The predicted octanol–water partition coefficient (Wildman–Crippen LogP) is 1.24. The number of hydrogen-bond donors (Lipinski definition) is 2. The number of methoxy groups -OCH3 is 1. The molecule has 2 aromatic carbocycles. The molecule has 1 aliphatic rings. The van der Waals surface area contributed by atoms with Crippen LogP contribution < -0.4 is 16.0 Å². The summed E-state index contributed by atoms with van der Waals surface area (Å²) in [7, 11) is 1.27. The van der Waals surface area contributed by atoms with Gasteiger partial charge in [-0.05, 0) is 29.8 Å². The number of benzene rings is 2.